The summed E-state index contributed by atoms with van der Waals surface area (Å²) >= 11 is 0. The van der Waals surface area contributed by atoms with Crippen LogP contribution in [0.15, 0.2) is 54.6 Å². The lowest BCUT2D eigenvalue weighted by Crippen LogP contribution is -2.11. The largest absolute Gasteiger partial charge is 0.325 e. The van der Waals surface area contributed by atoms with E-state index < -0.39 is 0 Å². The fourth-order valence-electron chi connectivity index (χ4n) is 1.91. The van der Waals surface area contributed by atoms with Crippen LogP contribution < -0.4 is 5.32 Å². The summed E-state index contributed by atoms with van der Waals surface area (Å²) in [5.41, 5.74) is 2.58. The average molecular weight is 277 g/mol. The third-order valence-corrected chi connectivity index (χ3v) is 3.07. The van der Waals surface area contributed by atoms with Crippen LogP contribution in [-0.4, -0.2) is 5.91 Å². The fraction of sp³-hybridized carbons (Fsp3) is 0.211. The van der Waals surface area contributed by atoms with E-state index in [2.05, 4.69) is 24.1 Å². The first-order valence-electron chi connectivity index (χ1n) is 7.25. The molecule has 0 aliphatic carbocycles. The van der Waals surface area contributed by atoms with Crippen molar-refractivity contribution in [3.63, 3.8) is 0 Å². The van der Waals surface area contributed by atoms with E-state index in [9.17, 15) is 4.79 Å². The smallest absolute Gasteiger partial charge is 0.224 e. The van der Waals surface area contributed by atoms with Crippen molar-refractivity contribution in [2.45, 2.75) is 26.2 Å². The number of unbranched alkanes of at least 4 members (excludes halogenated alkanes) is 1. The Kier molecular flexibility index (Phi) is 5.60. The Labute approximate surface area is 126 Å². The van der Waals surface area contributed by atoms with Crippen molar-refractivity contribution in [1.29, 1.82) is 0 Å². The van der Waals surface area contributed by atoms with Gasteiger partial charge in [-0.3, -0.25) is 4.79 Å². The van der Waals surface area contributed by atoms with E-state index in [4.69, 9.17) is 0 Å². The number of amides is 1. The topological polar surface area (TPSA) is 29.1 Å². The van der Waals surface area contributed by atoms with Gasteiger partial charge in [0.15, 0.2) is 0 Å². The number of hydrogen-bond acceptors (Lipinski definition) is 1. The lowest BCUT2D eigenvalue weighted by molar-refractivity contribution is -0.116. The van der Waals surface area contributed by atoms with E-state index >= 15 is 0 Å². The Hall–Kier alpha value is -2.53. The maximum absolute atomic E-state index is 11.8. The zero-order valence-electron chi connectivity index (χ0n) is 12.2. The molecular weight excluding hydrogens is 258 g/mol. The molecule has 106 valence electrons. The van der Waals surface area contributed by atoms with Crippen LogP contribution in [0, 0.1) is 11.8 Å². The Bertz CT molecular complexity index is 650. The summed E-state index contributed by atoms with van der Waals surface area (Å²) in [7, 11) is 0. The molecule has 0 saturated heterocycles. The van der Waals surface area contributed by atoms with Gasteiger partial charge in [-0.25, -0.2) is 0 Å². The number of carbonyl (C=O) groups excluding carboxylic acids is 1. The summed E-state index contributed by atoms with van der Waals surface area (Å²) in [5.74, 6) is 6.29. The molecule has 2 aromatic rings. The van der Waals surface area contributed by atoms with Crippen molar-refractivity contribution in [3.05, 3.63) is 65.7 Å². The second-order valence-electron chi connectivity index (χ2n) is 4.81. The van der Waals surface area contributed by atoms with Gasteiger partial charge < -0.3 is 5.32 Å². The zero-order chi connectivity index (χ0) is 14.9. The van der Waals surface area contributed by atoms with Gasteiger partial charge in [0.25, 0.3) is 0 Å². The predicted octanol–water partition coefficient (Wildman–Crippen LogP) is 4.22. The second-order valence-corrected chi connectivity index (χ2v) is 4.81. The molecule has 0 aliphatic heterocycles. The summed E-state index contributed by atoms with van der Waals surface area (Å²) in [6.45, 7) is 2.08. The predicted molar refractivity (Wildman–Crippen MR) is 87.0 cm³/mol. The van der Waals surface area contributed by atoms with Crippen LogP contribution in [0.2, 0.25) is 0 Å². The summed E-state index contributed by atoms with van der Waals surface area (Å²) in [6, 6.07) is 17.5. The number of carbonyl (C=O) groups is 1. The number of benzene rings is 2. The molecular formula is C19H19NO. The van der Waals surface area contributed by atoms with Crippen LogP contribution in [0.25, 0.3) is 0 Å². The molecule has 0 saturated carbocycles. The first kappa shape index (κ1) is 14.9. The van der Waals surface area contributed by atoms with Gasteiger partial charge in [-0.05, 0) is 30.7 Å². The number of hydrogen-bond donors (Lipinski definition) is 1. The second kappa shape index (κ2) is 7.91. The third kappa shape index (κ3) is 4.81. The Morgan fingerprint density at radius 3 is 2.48 bits per heavy atom. The van der Waals surface area contributed by atoms with Crippen molar-refractivity contribution in [1.82, 2.24) is 0 Å². The molecule has 0 spiro atoms. The fourth-order valence-corrected chi connectivity index (χ4v) is 1.91. The number of rotatable bonds is 4. The van der Waals surface area contributed by atoms with Gasteiger partial charge in [0.2, 0.25) is 5.91 Å². The van der Waals surface area contributed by atoms with Crippen LogP contribution in [0.5, 0.6) is 0 Å². The highest BCUT2D eigenvalue weighted by atomic mass is 16.1. The summed E-state index contributed by atoms with van der Waals surface area (Å²) in [4.78, 5) is 11.8. The molecule has 0 aromatic heterocycles. The lowest BCUT2D eigenvalue weighted by Gasteiger charge is -2.06. The molecule has 0 heterocycles. The first-order chi connectivity index (χ1) is 10.3. The highest BCUT2D eigenvalue weighted by molar-refractivity contribution is 5.92. The van der Waals surface area contributed by atoms with E-state index in [1.165, 1.54) is 0 Å². The van der Waals surface area contributed by atoms with Crippen LogP contribution in [0.3, 0.4) is 0 Å². The quantitative estimate of drug-likeness (QED) is 0.833. The first-order valence-corrected chi connectivity index (χ1v) is 7.25. The summed E-state index contributed by atoms with van der Waals surface area (Å²) in [5, 5.41) is 2.94. The molecule has 1 N–H and O–H groups in total. The normalized spacial score (nSPS) is 9.57. The van der Waals surface area contributed by atoms with Crippen LogP contribution in [0.1, 0.15) is 37.3 Å². The maximum Gasteiger partial charge on any atom is 0.224 e. The highest BCUT2D eigenvalue weighted by Gasteiger charge is 2.04. The minimum atomic E-state index is 0.0470. The number of para-hydroxylation sites is 1. The molecule has 0 atom stereocenters. The monoisotopic (exact) mass is 277 g/mol. The van der Waals surface area contributed by atoms with Crippen LogP contribution in [-0.2, 0) is 4.79 Å². The SMILES string of the molecule is CCCCC(=O)Nc1ccccc1C#Cc1ccccc1. The highest BCUT2D eigenvalue weighted by Crippen LogP contribution is 2.14. The van der Waals surface area contributed by atoms with Gasteiger partial charge in [0.05, 0.1) is 5.69 Å². The molecule has 0 radical (unpaired) electrons. The Morgan fingerprint density at radius 2 is 1.71 bits per heavy atom. The van der Waals surface area contributed by atoms with Crippen LogP contribution >= 0.6 is 0 Å². The molecule has 2 rings (SSSR count). The van der Waals surface area contributed by atoms with Crippen molar-refractivity contribution in [3.8, 4) is 11.8 Å². The van der Waals surface area contributed by atoms with Crippen molar-refractivity contribution in [2.24, 2.45) is 0 Å². The molecule has 0 fully saturated rings. The van der Waals surface area contributed by atoms with Crippen LogP contribution in [0.4, 0.5) is 5.69 Å². The molecule has 1 amide bonds. The van der Waals surface area contributed by atoms with Gasteiger partial charge in [0.1, 0.15) is 0 Å². The molecule has 0 bridgehead atoms. The Morgan fingerprint density at radius 1 is 1.00 bits per heavy atom. The van der Waals surface area contributed by atoms with Crippen molar-refractivity contribution >= 4 is 11.6 Å². The van der Waals surface area contributed by atoms with Crippen molar-refractivity contribution in [2.75, 3.05) is 5.32 Å². The van der Waals surface area contributed by atoms with E-state index in [0.717, 1.165) is 29.7 Å². The molecule has 0 unspecified atom stereocenters. The molecule has 2 nitrogen and oxygen atoms in total. The third-order valence-electron chi connectivity index (χ3n) is 3.07. The van der Waals surface area contributed by atoms with E-state index in [1.54, 1.807) is 0 Å². The maximum atomic E-state index is 11.8. The molecule has 2 heteroatoms. The zero-order valence-corrected chi connectivity index (χ0v) is 12.2. The Balaban J connectivity index is 2.14. The van der Waals surface area contributed by atoms with E-state index in [0.29, 0.717) is 6.42 Å². The minimum Gasteiger partial charge on any atom is -0.325 e. The summed E-state index contributed by atoms with van der Waals surface area (Å²) < 4.78 is 0. The molecule has 2 aromatic carbocycles. The van der Waals surface area contributed by atoms with Gasteiger partial charge in [-0.15, -0.1) is 0 Å². The van der Waals surface area contributed by atoms with Crippen molar-refractivity contribution < 1.29 is 4.79 Å². The average Bonchev–Trinajstić information content (AvgIpc) is 2.53. The number of nitrogens with one attached hydrogen (secondary N) is 1. The number of anilines is 1. The lowest BCUT2D eigenvalue weighted by atomic mass is 10.1. The van der Waals surface area contributed by atoms with E-state index in [1.807, 2.05) is 54.6 Å². The van der Waals surface area contributed by atoms with E-state index in [-0.39, 0.29) is 5.91 Å². The minimum absolute atomic E-state index is 0.0470. The molecule has 0 aliphatic rings. The van der Waals surface area contributed by atoms with Gasteiger partial charge >= 0.3 is 0 Å². The summed E-state index contributed by atoms with van der Waals surface area (Å²) in [6.07, 6.45) is 2.48. The van der Waals surface area contributed by atoms with Gasteiger partial charge in [0, 0.05) is 17.5 Å². The van der Waals surface area contributed by atoms with Gasteiger partial charge in [-0.2, -0.15) is 0 Å². The van der Waals surface area contributed by atoms with Gasteiger partial charge in [-0.1, -0.05) is 55.5 Å². The molecule has 21 heavy (non-hydrogen) atoms. The standard InChI is InChI=1S/C19H19NO/c1-2-3-13-19(21)20-18-12-8-7-11-17(18)15-14-16-9-5-4-6-10-16/h4-12H,2-3,13H2,1H3,(H,20,21).